The molecule has 0 aliphatic carbocycles. The fraction of sp³-hybridized carbons (Fsp3) is 0.692. The van der Waals surface area contributed by atoms with E-state index in [1.54, 1.807) is 6.33 Å². The number of nitrogens with zero attached hydrogens (tertiary/aromatic N) is 3. The lowest BCUT2D eigenvalue weighted by Gasteiger charge is -2.25. The Morgan fingerprint density at radius 2 is 2.35 bits per heavy atom. The summed E-state index contributed by atoms with van der Waals surface area (Å²) < 4.78 is 0. The van der Waals surface area contributed by atoms with Crippen LogP contribution >= 0.6 is 0 Å². The summed E-state index contributed by atoms with van der Waals surface area (Å²) in [4.78, 5) is 11.2. The average molecular weight is 234 g/mol. The van der Waals surface area contributed by atoms with E-state index in [-0.39, 0.29) is 0 Å². The first-order valence-corrected chi connectivity index (χ1v) is 6.57. The van der Waals surface area contributed by atoms with E-state index < -0.39 is 0 Å². The van der Waals surface area contributed by atoms with Gasteiger partial charge in [0.25, 0.3) is 0 Å². The molecular weight excluding hydrogens is 212 g/mol. The molecule has 1 N–H and O–H groups in total. The van der Waals surface area contributed by atoms with Crippen molar-refractivity contribution < 1.29 is 0 Å². The summed E-state index contributed by atoms with van der Waals surface area (Å²) in [7, 11) is 2.01. The molecular formula is C13H22N4. The van der Waals surface area contributed by atoms with Crippen LogP contribution in [0.2, 0.25) is 0 Å². The highest BCUT2D eigenvalue weighted by Gasteiger charge is 2.24. The van der Waals surface area contributed by atoms with Gasteiger partial charge < -0.3 is 10.2 Å². The highest BCUT2D eigenvalue weighted by molar-refractivity contribution is 5.41. The molecule has 0 spiro atoms. The minimum atomic E-state index is 0.587. The van der Waals surface area contributed by atoms with Crippen LogP contribution in [0.5, 0.6) is 0 Å². The van der Waals surface area contributed by atoms with Gasteiger partial charge in [0.15, 0.2) is 0 Å². The van der Waals surface area contributed by atoms with Gasteiger partial charge in [-0.25, -0.2) is 9.97 Å². The summed E-state index contributed by atoms with van der Waals surface area (Å²) >= 11 is 0. The van der Waals surface area contributed by atoms with Crippen LogP contribution in [-0.2, 0) is 6.42 Å². The second-order valence-electron chi connectivity index (χ2n) is 4.66. The number of nitrogens with one attached hydrogen (secondary N) is 1. The number of rotatable bonds is 5. The Kier molecular flexibility index (Phi) is 4.31. The van der Waals surface area contributed by atoms with Crippen molar-refractivity contribution in [2.75, 3.05) is 25.0 Å². The molecule has 0 amide bonds. The largest absolute Gasteiger partial charge is 0.352 e. The van der Waals surface area contributed by atoms with E-state index in [0.717, 1.165) is 37.4 Å². The first-order chi connectivity index (χ1) is 8.35. The molecule has 0 saturated carbocycles. The monoisotopic (exact) mass is 234 g/mol. The Bertz CT molecular complexity index is 353. The molecule has 17 heavy (non-hydrogen) atoms. The normalized spacial score (nSPS) is 19.9. The summed E-state index contributed by atoms with van der Waals surface area (Å²) in [5.74, 6) is 1.10. The molecule has 1 aliphatic rings. The lowest BCUT2D eigenvalue weighted by atomic mass is 10.2. The van der Waals surface area contributed by atoms with Crippen LogP contribution < -0.4 is 10.2 Å². The van der Waals surface area contributed by atoms with E-state index in [2.05, 4.69) is 33.2 Å². The molecule has 4 heteroatoms. The molecule has 2 rings (SSSR count). The minimum absolute atomic E-state index is 0.587. The Hall–Kier alpha value is -1.16. The predicted octanol–water partition coefficient (Wildman–Crippen LogP) is 1.62. The third kappa shape index (κ3) is 2.94. The fourth-order valence-corrected chi connectivity index (χ4v) is 2.52. The number of anilines is 1. The number of hydrogen-bond donors (Lipinski definition) is 1. The van der Waals surface area contributed by atoms with E-state index in [9.17, 15) is 0 Å². The second-order valence-corrected chi connectivity index (χ2v) is 4.66. The van der Waals surface area contributed by atoms with E-state index >= 15 is 0 Å². The lowest BCUT2D eigenvalue weighted by Crippen LogP contribution is -2.37. The average Bonchev–Trinajstić information content (AvgIpc) is 2.79. The van der Waals surface area contributed by atoms with Gasteiger partial charge in [-0.1, -0.05) is 13.3 Å². The van der Waals surface area contributed by atoms with E-state index in [1.807, 2.05) is 7.05 Å². The second kappa shape index (κ2) is 5.96. The quantitative estimate of drug-likeness (QED) is 0.840. The maximum absolute atomic E-state index is 4.42. The zero-order valence-corrected chi connectivity index (χ0v) is 10.8. The number of likely N-dealkylation sites (N-methyl/N-ethyl adjacent to an activating group) is 1. The molecule has 1 saturated heterocycles. The number of hydrogen-bond acceptors (Lipinski definition) is 4. The van der Waals surface area contributed by atoms with Gasteiger partial charge in [0.1, 0.15) is 12.1 Å². The molecule has 1 fully saturated rings. The molecule has 94 valence electrons. The van der Waals surface area contributed by atoms with Crippen molar-refractivity contribution in [3.63, 3.8) is 0 Å². The molecule has 1 atom stereocenters. The highest BCUT2D eigenvalue weighted by atomic mass is 15.2. The molecule has 1 aromatic heterocycles. The van der Waals surface area contributed by atoms with Gasteiger partial charge in [-0.2, -0.15) is 0 Å². The first kappa shape index (κ1) is 12.3. The Morgan fingerprint density at radius 3 is 3.12 bits per heavy atom. The van der Waals surface area contributed by atoms with Crippen molar-refractivity contribution >= 4 is 5.82 Å². The first-order valence-electron chi connectivity index (χ1n) is 6.57. The highest BCUT2D eigenvalue weighted by Crippen LogP contribution is 2.23. The van der Waals surface area contributed by atoms with Crippen LogP contribution in [-0.4, -0.2) is 36.1 Å². The maximum atomic E-state index is 4.42. The maximum Gasteiger partial charge on any atom is 0.132 e. The zero-order chi connectivity index (χ0) is 12.1. The molecule has 0 aromatic carbocycles. The number of aryl methyl sites for hydroxylation is 1. The summed E-state index contributed by atoms with van der Waals surface area (Å²) in [5, 5.41) is 3.26. The van der Waals surface area contributed by atoms with Crippen molar-refractivity contribution in [2.45, 2.75) is 38.6 Å². The van der Waals surface area contributed by atoms with Crippen LogP contribution in [0.4, 0.5) is 5.82 Å². The van der Waals surface area contributed by atoms with Gasteiger partial charge in [0, 0.05) is 30.9 Å². The SMILES string of the molecule is CCCc1cc(N2CCCC2CNC)ncn1. The van der Waals surface area contributed by atoms with Crippen LogP contribution in [0.3, 0.4) is 0 Å². The summed E-state index contributed by atoms with van der Waals surface area (Å²) in [5.41, 5.74) is 1.16. The van der Waals surface area contributed by atoms with Gasteiger partial charge in [-0.15, -0.1) is 0 Å². The number of aromatic nitrogens is 2. The zero-order valence-electron chi connectivity index (χ0n) is 10.8. The standard InChI is InChI=1S/C13H22N4/c1-3-5-11-8-13(16-10-15-11)17-7-4-6-12(17)9-14-2/h8,10,12,14H,3-7,9H2,1-2H3. The molecule has 2 heterocycles. The van der Waals surface area contributed by atoms with Crippen molar-refractivity contribution in [1.29, 1.82) is 0 Å². The fourth-order valence-electron chi connectivity index (χ4n) is 2.52. The van der Waals surface area contributed by atoms with Crippen molar-refractivity contribution in [3.05, 3.63) is 18.1 Å². The van der Waals surface area contributed by atoms with E-state index in [1.165, 1.54) is 12.8 Å². The van der Waals surface area contributed by atoms with E-state index in [4.69, 9.17) is 0 Å². The molecule has 1 unspecified atom stereocenters. The van der Waals surface area contributed by atoms with Crippen LogP contribution in [0.1, 0.15) is 31.9 Å². The van der Waals surface area contributed by atoms with Gasteiger partial charge in [0.2, 0.25) is 0 Å². The smallest absolute Gasteiger partial charge is 0.132 e. The molecule has 1 aliphatic heterocycles. The summed E-state index contributed by atoms with van der Waals surface area (Å²) in [6.45, 7) is 4.34. The predicted molar refractivity (Wildman–Crippen MR) is 70.3 cm³/mol. The molecule has 0 bridgehead atoms. The molecule has 0 radical (unpaired) electrons. The van der Waals surface area contributed by atoms with Gasteiger partial charge in [-0.3, -0.25) is 0 Å². The Morgan fingerprint density at radius 1 is 1.47 bits per heavy atom. The van der Waals surface area contributed by atoms with Crippen LogP contribution in [0.15, 0.2) is 12.4 Å². The minimum Gasteiger partial charge on any atom is -0.352 e. The summed E-state index contributed by atoms with van der Waals surface area (Å²) in [6.07, 6.45) is 6.40. The third-order valence-corrected chi connectivity index (χ3v) is 3.33. The topological polar surface area (TPSA) is 41.0 Å². The lowest BCUT2D eigenvalue weighted by molar-refractivity contribution is 0.611. The summed E-state index contributed by atoms with van der Waals surface area (Å²) in [6, 6.07) is 2.74. The van der Waals surface area contributed by atoms with Gasteiger partial charge >= 0.3 is 0 Å². The molecule has 1 aromatic rings. The Labute approximate surface area is 103 Å². The van der Waals surface area contributed by atoms with Crippen LogP contribution in [0.25, 0.3) is 0 Å². The van der Waals surface area contributed by atoms with Crippen molar-refractivity contribution in [3.8, 4) is 0 Å². The van der Waals surface area contributed by atoms with E-state index in [0.29, 0.717) is 6.04 Å². The van der Waals surface area contributed by atoms with Crippen LogP contribution in [0, 0.1) is 0 Å². The van der Waals surface area contributed by atoms with Crippen molar-refractivity contribution in [1.82, 2.24) is 15.3 Å². The van der Waals surface area contributed by atoms with Crippen molar-refractivity contribution in [2.24, 2.45) is 0 Å². The third-order valence-electron chi connectivity index (χ3n) is 3.33. The van der Waals surface area contributed by atoms with Gasteiger partial charge in [-0.05, 0) is 26.3 Å². The van der Waals surface area contributed by atoms with Gasteiger partial charge in [0.05, 0.1) is 0 Å². The molecule has 4 nitrogen and oxygen atoms in total. The Balaban J connectivity index is 2.12.